The highest BCUT2D eigenvalue weighted by Crippen LogP contribution is 2.36. The zero-order valence-electron chi connectivity index (χ0n) is 13.1. The van der Waals surface area contributed by atoms with Crippen molar-refractivity contribution in [1.82, 2.24) is 0 Å². The Morgan fingerprint density at radius 1 is 0.739 bits per heavy atom. The summed E-state index contributed by atoms with van der Waals surface area (Å²) in [5.74, 6) is 1.03. The first kappa shape index (κ1) is 13.8. The van der Waals surface area contributed by atoms with Gasteiger partial charge in [0.1, 0.15) is 11.3 Å². The van der Waals surface area contributed by atoms with Gasteiger partial charge in [0.25, 0.3) is 0 Å². The molecule has 0 saturated carbocycles. The normalized spacial score (nSPS) is 11.0. The molecule has 0 unspecified atom stereocenters. The van der Waals surface area contributed by atoms with Gasteiger partial charge in [-0.25, -0.2) is 0 Å². The molecule has 0 amide bonds. The maximum atomic E-state index is 6.19. The summed E-state index contributed by atoms with van der Waals surface area (Å²) in [4.78, 5) is 0. The quantitative estimate of drug-likeness (QED) is 0.452. The zero-order chi connectivity index (χ0) is 15.6. The first-order valence-electron chi connectivity index (χ1n) is 7.92. The van der Waals surface area contributed by atoms with Crippen molar-refractivity contribution < 1.29 is 4.42 Å². The van der Waals surface area contributed by atoms with Crippen molar-refractivity contribution in [2.75, 3.05) is 0 Å². The highest BCUT2D eigenvalue weighted by Gasteiger charge is 2.15. The van der Waals surface area contributed by atoms with Crippen LogP contribution in [0.3, 0.4) is 0 Å². The summed E-state index contributed by atoms with van der Waals surface area (Å²) in [7, 11) is 0. The number of benzene rings is 3. The predicted octanol–water partition coefficient (Wildman–Crippen LogP) is 6.00. The van der Waals surface area contributed by atoms with Gasteiger partial charge in [-0.2, -0.15) is 0 Å². The highest BCUT2D eigenvalue weighted by atomic mass is 16.3. The highest BCUT2D eigenvalue weighted by molar-refractivity contribution is 5.95. The Morgan fingerprint density at radius 2 is 1.43 bits per heavy atom. The molecule has 4 aromatic rings. The average Bonchev–Trinajstić information content (AvgIpc) is 2.94. The molecule has 0 aliphatic heterocycles. The second-order valence-electron chi connectivity index (χ2n) is 5.92. The molecule has 0 fully saturated rings. The van der Waals surface area contributed by atoms with Crippen molar-refractivity contribution in [3.63, 3.8) is 0 Å². The van der Waals surface area contributed by atoms with Gasteiger partial charge in [0.05, 0.1) is 0 Å². The van der Waals surface area contributed by atoms with Gasteiger partial charge in [-0.1, -0.05) is 78.4 Å². The molecular formula is C22H18O. The maximum Gasteiger partial charge on any atom is 0.134 e. The van der Waals surface area contributed by atoms with Gasteiger partial charge in [-0.05, 0) is 24.1 Å². The summed E-state index contributed by atoms with van der Waals surface area (Å²) in [5.41, 5.74) is 5.91. The molecule has 1 heteroatoms. The average molecular weight is 298 g/mol. The van der Waals surface area contributed by atoms with Crippen LogP contribution < -0.4 is 0 Å². The Labute approximate surface area is 136 Å². The summed E-state index contributed by atoms with van der Waals surface area (Å²) in [6.07, 6.45) is 0.804. The Balaban J connectivity index is 1.89. The molecule has 112 valence electrons. The fourth-order valence-corrected chi connectivity index (χ4v) is 3.04. The monoisotopic (exact) mass is 298 g/mol. The molecular weight excluding hydrogens is 280 g/mol. The van der Waals surface area contributed by atoms with Crippen LogP contribution in [0.4, 0.5) is 0 Å². The van der Waals surface area contributed by atoms with Crippen LogP contribution in [0, 0.1) is 6.92 Å². The lowest BCUT2D eigenvalue weighted by molar-refractivity contribution is 0.564. The van der Waals surface area contributed by atoms with Gasteiger partial charge >= 0.3 is 0 Å². The largest absolute Gasteiger partial charge is 0.460 e. The fraction of sp³-hybridized carbons (Fsp3) is 0.0909. The summed E-state index contributed by atoms with van der Waals surface area (Å²) >= 11 is 0. The smallest absolute Gasteiger partial charge is 0.134 e. The molecule has 3 aromatic carbocycles. The molecule has 0 N–H and O–H groups in total. The third-order valence-electron chi connectivity index (χ3n) is 4.22. The molecule has 0 atom stereocenters. The lowest BCUT2D eigenvalue weighted by atomic mass is 9.98. The van der Waals surface area contributed by atoms with E-state index in [-0.39, 0.29) is 0 Å². The Bertz CT molecular complexity index is 931. The van der Waals surface area contributed by atoms with Crippen LogP contribution >= 0.6 is 0 Å². The number of fused-ring (bicyclic) bond motifs is 1. The van der Waals surface area contributed by atoms with Crippen molar-refractivity contribution in [3.05, 3.63) is 95.7 Å². The Morgan fingerprint density at radius 3 is 2.22 bits per heavy atom. The summed E-state index contributed by atoms with van der Waals surface area (Å²) in [6, 6.07) is 27.4. The molecule has 0 spiro atoms. The van der Waals surface area contributed by atoms with E-state index in [0.29, 0.717) is 0 Å². The third kappa shape index (κ3) is 2.66. The molecule has 0 radical (unpaired) electrons. The number of para-hydroxylation sites is 1. The molecule has 0 bridgehead atoms. The molecule has 0 aliphatic rings. The lowest BCUT2D eigenvalue weighted by Crippen LogP contribution is -1.89. The molecule has 1 aromatic heterocycles. The van der Waals surface area contributed by atoms with Crippen molar-refractivity contribution in [2.45, 2.75) is 13.3 Å². The van der Waals surface area contributed by atoms with E-state index in [1.807, 2.05) is 18.2 Å². The fourth-order valence-electron chi connectivity index (χ4n) is 3.04. The second kappa shape index (κ2) is 5.77. The maximum absolute atomic E-state index is 6.19. The van der Waals surface area contributed by atoms with E-state index in [1.165, 1.54) is 27.6 Å². The van der Waals surface area contributed by atoms with Crippen LogP contribution in [-0.2, 0) is 6.42 Å². The minimum atomic E-state index is 0.804. The summed E-state index contributed by atoms with van der Waals surface area (Å²) in [5, 5.41) is 1.18. The SMILES string of the molecule is Cc1ccc(-c2c(Cc3ccccc3)oc3ccccc23)cc1. The predicted molar refractivity (Wildman–Crippen MR) is 95.6 cm³/mol. The zero-order valence-corrected chi connectivity index (χ0v) is 13.1. The first-order chi connectivity index (χ1) is 11.3. The van der Waals surface area contributed by atoms with E-state index >= 15 is 0 Å². The van der Waals surface area contributed by atoms with E-state index in [2.05, 4.69) is 67.6 Å². The van der Waals surface area contributed by atoms with E-state index in [4.69, 9.17) is 4.42 Å². The van der Waals surface area contributed by atoms with Crippen molar-refractivity contribution in [2.24, 2.45) is 0 Å². The van der Waals surface area contributed by atoms with Crippen LogP contribution in [-0.4, -0.2) is 0 Å². The van der Waals surface area contributed by atoms with Crippen LogP contribution in [0.25, 0.3) is 22.1 Å². The Kier molecular flexibility index (Phi) is 3.47. The van der Waals surface area contributed by atoms with Crippen molar-refractivity contribution in [1.29, 1.82) is 0 Å². The van der Waals surface area contributed by atoms with Gasteiger partial charge in [-0.15, -0.1) is 0 Å². The summed E-state index contributed by atoms with van der Waals surface area (Å²) in [6.45, 7) is 2.11. The van der Waals surface area contributed by atoms with Crippen LogP contribution in [0.5, 0.6) is 0 Å². The number of furan rings is 1. The topological polar surface area (TPSA) is 13.1 Å². The van der Waals surface area contributed by atoms with Crippen molar-refractivity contribution in [3.8, 4) is 11.1 Å². The number of rotatable bonds is 3. The van der Waals surface area contributed by atoms with Crippen molar-refractivity contribution >= 4 is 11.0 Å². The lowest BCUT2D eigenvalue weighted by Gasteiger charge is -2.05. The number of aryl methyl sites for hydroxylation is 1. The van der Waals surface area contributed by atoms with Gasteiger partial charge in [0, 0.05) is 17.4 Å². The number of hydrogen-bond donors (Lipinski definition) is 0. The van der Waals surface area contributed by atoms with Gasteiger partial charge in [-0.3, -0.25) is 0 Å². The van der Waals surface area contributed by atoms with E-state index < -0.39 is 0 Å². The van der Waals surface area contributed by atoms with E-state index in [9.17, 15) is 0 Å². The standard InChI is InChI=1S/C22H18O/c1-16-11-13-18(14-12-16)22-19-9-5-6-10-20(19)23-21(22)15-17-7-3-2-4-8-17/h2-14H,15H2,1H3. The molecule has 1 nitrogen and oxygen atoms in total. The van der Waals surface area contributed by atoms with Gasteiger partial charge < -0.3 is 4.42 Å². The van der Waals surface area contributed by atoms with E-state index in [0.717, 1.165) is 17.8 Å². The van der Waals surface area contributed by atoms with Crippen LogP contribution in [0.1, 0.15) is 16.9 Å². The second-order valence-corrected chi connectivity index (χ2v) is 5.92. The molecule has 23 heavy (non-hydrogen) atoms. The minimum absolute atomic E-state index is 0.804. The Hall–Kier alpha value is -2.80. The number of hydrogen-bond acceptors (Lipinski definition) is 1. The van der Waals surface area contributed by atoms with E-state index in [1.54, 1.807) is 0 Å². The third-order valence-corrected chi connectivity index (χ3v) is 4.22. The van der Waals surface area contributed by atoms with Gasteiger partial charge in [0.2, 0.25) is 0 Å². The molecule has 1 heterocycles. The summed E-state index contributed by atoms with van der Waals surface area (Å²) < 4.78 is 6.19. The molecule has 0 saturated heterocycles. The first-order valence-corrected chi connectivity index (χ1v) is 7.92. The minimum Gasteiger partial charge on any atom is -0.460 e. The van der Waals surface area contributed by atoms with Gasteiger partial charge in [0.15, 0.2) is 0 Å². The molecule has 0 aliphatic carbocycles. The van der Waals surface area contributed by atoms with Crippen LogP contribution in [0.15, 0.2) is 83.3 Å². The van der Waals surface area contributed by atoms with Crippen LogP contribution in [0.2, 0.25) is 0 Å². The molecule has 4 rings (SSSR count).